The van der Waals surface area contributed by atoms with E-state index in [0.29, 0.717) is 18.1 Å². The fourth-order valence-corrected chi connectivity index (χ4v) is 1.41. The van der Waals surface area contributed by atoms with Crippen LogP contribution in [0.1, 0.15) is 18.5 Å². The maximum Gasteiger partial charge on any atom is 0.165 e. The largest absolute Gasteiger partial charge is 0.493 e. The molecule has 4 heteroatoms. The van der Waals surface area contributed by atoms with E-state index >= 15 is 0 Å². The number of rotatable bonds is 5. The predicted octanol–water partition coefficient (Wildman–Crippen LogP) is 1.09. The van der Waals surface area contributed by atoms with Crippen molar-refractivity contribution in [3.8, 4) is 11.5 Å². The Labute approximate surface area is 89.6 Å². The molecule has 4 nitrogen and oxygen atoms in total. The van der Waals surface area contributed by atoms with E-state index in [1.54, 1.807) is 7.11 Å². The molecule has 0 bridgehead atoms. The van der Waals surface area contributed by atoms with Gasteiger partial charge in [-0.2, -0.15) is 0 Å². The SMILES string of the molecule is CCOc1cccc(C(N)CO)c1OC. The molecule has 0 saturated heterocycles. The minimum absolute atomic E-state index is 0.119. The maximum absolute atomic E-state index is 9.01. The Bertz CT molecular complexity index is 315. The summed E-state index contributed by atoms with van der Waals surface area (Å²) >= 11 is 0. The lowest BCUT2D eigenvalue weighted by Crippen LogP contribution is -2.15. The Balaban J connectivity index is 3.09. The zero-order chi connectivity index (χ0) is 11.3. The molecule has 0 aliphatic rings. The molecular formula is C11H17NO3. The first-order valence-corrected chi connectivity index (χ1v) is 4.90. The molecule has 0 aliphatic carbocycles. The smallest absolute Gasteiger partial charge is 0.165 e. The van der Waals surface area contributed by atoms with Crippen molar-refractivity contribution in [1.82, 2.24) is 0 Å². The van der Waals surface area contributed by atoms with Crippen molar-refractivity contribution >= 4 is 0 Å². The lowest BCUT2D eigenvalue weighted by Gasteiger charge is -2.16. The standard InChI is InChI=1S/C11H17NO3/c1-3-15-10-6-4-5-8(9(12)7-13)11(10)14-2/h4-6,9,13H,3,7,12H2,1-2H3. The van der Waals surface area contributed by atoms with Crippen molar-refractivity contribution in [3.63, 3.8) is 0 Å². The third-order valence-electron chi connectivity index (χ3n) is 2.11. The Hall–Kier alpha value is -1.26. The summed E-state index contributed by atoms with van der Waals surface area (Å²) in [6.07, 6.45) is 0. The second kappa shape index (κ2) is 5.58. The molecular weight excluding hydrogens is 194 g/mol. The summed E-state index contributed by atoms with van der Waals surface area (Å²) in [7, 11) is 1.56. The molecule has 0 radical (unpaired) electrons. The van der Waals surface area contributed by atoms with Crippen LogP contribution in [0, 0.1) is 0 Å². The number of ether oxygens (including phenoxy) is 2. The van der Waals surface area contributed by atoms with Crippen LogP contribution in [0.2, 0.25) is 0 Å². The van der Waals surface area contributed by atoms with Gasteiger partial charge >= 0.3 is 0 Å². The van der Waals surface area contributed by atoms with E-state index in [1.807, 2.05) is 25.1 Å². The van der Waals surface area contributed by atoms with Gasteiger partial charge in [0.15, 0.2) is 11.5 Å². The summed E-state index contributed by atoms with van der Waals surface area (Å²) in [5.74, 6) is 1.25. The molecule has 0 heterocycles. The number of aliphatic hydroxyl groups excluding tert-OH is 1. The summed E-state index contributed by atoms with van der Waals surface area (Å²) in [6.45, 7) is 2.35. The minimum Gasteiger partial charge on any atom is -0.493 e. The highest BCUT2D eigenvalue weighted by Crippen LogP contribution is 2.33. The number of para-hydroxylation sites is 1. The van der Waals surface area contributed by atoms with Crippen LogP contribution < -0.4 is 15.2 Å². The van der Waals surface area contributed by atoms with Crippen molar-refractivity contribution in [2.45, 2.75) is 13.0 Å². The molecule has 1 aromatic rings. The van der Waals surface area contributed by atoms with Crippen LogP contribution in [0.15, 0.2) is 18.2 Å². The van der Waals surface area contributed by atoms with Crippen LogP contribution in [0.5, 0.6) is 11.5 Å². The van der Waals surface area contributed by atoms with Gasteiger partial charge in [0.25, 0.3) is 0 Å². The average molecular weight is 211 g/mol. The van der Waals surface area contributed by atoms with Crippen LogP contribution in [-0.4, -0.2) is 25.4 Å². The van der Waals surface area contributed by atoms with Crippen LogP contribution in [-0.2, 0) is 0 Å². The van der Waals surface area contributed by atoms with Gasteiger partial charge in [-0.05, 0) is 13.0 Å². The third kappa shape index (κ3) is 2.61. The first kappa shape index (κ1) is 11.8. The summed E-state index contributed by atoms with van der Waals surface area (Å²) in [5.41, 5.74) is 6.51. The second-order valence-corrected chi connectivity index (χ2v) is 3.10. The van der Waals surface area contributed by atoms with Gasteiger partial charge in [-0.3, -0.25) is 0 Å². The molecule has 0 aromatic heterocycles. The Morgan fingerprint density at radius 2 is 2.20 bits per heavy atom. The highest BCUT2D eigenvalue weighted by molar-refractivity contribution is 5.48. The average Bonchev–Trinajstić information content (AvgIpc) is 2.28. The zero-order valence-electron chi connectivity index (χ0n) is 9.06. The molecule has 0 spiro atoms. The highest BCUT2D eigenvalue weighted by atomic mass is 16.5. The first-order valence-electron chi connectivity index (χ1n) is 4.90. The normalized spacial score (nSPS) is 12.3. The van der Waals surface area contributed by atoms with Crippen molar-refractivity contribution in [2.24, 2.45) is 5.73 Å². The molecule has 84 valence electrons. The summed E-state index contributed by atoms with van der Waals surface area (Å²) in [5, 5.41) is 9.01. The Morgan fingerprint density at radius 1 is 1.47 bits per heavy atom. The summed E-state index contributed by atoms with van der Waals surface area (Å²) in [6, 6.07) is 5.02. The van der Waals surface area contributed by atoms with E-state index in [9.17, 15) is 0 Å². The number of hydrogen-bond acceptors (Lipinski definition) is 4. The maximum atomic E-state index is 9.01. The minimum atomic E-state index is -0.444. The fraction of sp³-hybridized carbons (Fsp3) is 0.455. The Kier molecular flexibility index (Phi) is 4.39. The second-order valence-electron chi connectivity index (χ2n) is 3.10. The van der Waals surface area contributed by atoms with E-state index in [-0.39, 0.29) is 6.61 Å². The molecule has 0 aliphatic heterocycles. The fourth-order valence-electron chi connectivity index (χ4n) is 1.41. The van der Waals surface area contributed by atoms with Crippen LogP contribution in [0.25, 0.3) is 0 Å². The quantitative estimate of drug-likeness (QED) is 0.765. The molecule has 0 saturated carbocycles. The molecule has 1 atom stereocenters. The van der Waals surface area contributed by atoms with Gasteiger partial charge < -0.3 is 20.3 Å². The summed E-state index contributed by atoms with van der Waals surface area (Å²) in [4.78, 5) is 0. The number of nitrogens with two attached hydrogens (primary N) is 1. The molecule has 3 N–H and O–H groups in total. The van der Waals surface area contributed by atoms with E-state index in [2.05, 4.69) is 0 Å². The van der Waals surface area contributed by atoms with Gasteiger partial charge in [0.1, 0.15) is 0 Å². The molecule has 1 unspecified atom stereocenters. The lowest BCUT2D eigenvalue weighted by molar-refractivity contribution is 0.261. The van der Waals surface area contributed by atoms with Gasteiger partial charge in [0.05, 0.1) is 26.4 Å². The Morgan fingerprint density at radius 3 is 2.73 bits per heavy atom. The highest BCUT2D eigenvalue weighted by Gasteiger charge is 2.14. The monoisotopic (exact) mass is 211 g/mol. The topological polar surface area (TPSA) is 64.7 Å². The molecule has 0 amide bonds. The predicted molar refractivity (Wildman–Crippen MR) is 58.2 cm³/mol. The molecule has 1 aromatic carbocycles. The van der Waals surface area contributed by atoms with E-state index in [4.69, 9.17) is 20.3 Å². The van der Waals surface area contributed by atoms with Gasteiger partial charge in [-0.15, -0.1) is 0 Å². The van der Waals surface area contributed by atoms with Gasteiger partial charge in [-0.25, -0.2) is 0 Å². The van der Waals surface area contributed by atoms with Crippen LogP contribution in [0.4, 0.5) is 0 Å². The number of benzene rings is 1. The van der Waals surface area contributed by atoms with Gasteiger partial charge in [-0.1, -0.05) is 12.1 Å². The summed E-state index contributed by atoms with van der Waals surface area (Å²) < 4.78 is 10.6. The van der Waals surface area contributed by atoms with Crippen molar-refractivity contribution in [1.29, 1.82) is 0 Å². The van der Waals surface area contributed by atoms with Crippen molar-refractivity contribution in [2.75, 3.05) is 20.3 Å². The lowest BCUT2D eigenvalue weighted by atomic mass is 10.1. The van der Waals surface area contributed by atoms with Crippen molar-refractivity contribution < 1.29 is 14.6 Å². The van der Waals surface area contributed by atoms with Gasteiger partial charge in [0, 0.05) is 5.56 Å². The van der Waals surface area contributed by atoms with Crippen LogP contribution in [0.3, 0.4) is 0 Å². The van der Waals surface area contributed by atoms with Crippen molar-refractivity contribution in [3.05, 3.63) is 23.8 Å². The van der Waals surface area contributed by atoms with Gasteiger partial charge in [0.2, 0.25) is 0 Å². The van der Waals surface area contributed by atoms with E-state index in [0.717, 1.165) is 5.56 Å². The number of methoxy groups -OCH3 is 1. The number of hydrogen-bond donors (Lipinski definition) is 2. The first-order chi connectivity index (χ1) is 7.24. The van der Waals surface area contributed by atoms with Crippen LogP contribution >= 0.6 is 0 Å². The molecule has 1 rings (SSSR count). The number of aliphatic hydroxyl groups is 1. The molecule has 0 fully saturated rings. The third-order valence-corrected chi connectivity index (χ3v) is 2.11. The molecule has 15 heavy (non-hydrogen) atoms. The van der Waals surface area contributed by atoms with E-state index < -0.39 is 6.04 Å². The van der Waals surface area contributed by atoms with E-state index in [1.165, 1.54) is 0 Å². The zero-order valence-corrected chi connectivity index (χ0v) is 9.06.